The van der Waals surface area contributed by atoms with Crippen LogP contribution < -0.4 is 10.1 Å². The van der Waals surface area contributed by atoms with E-state index < -0.39 is 21.7 Å². The third-order valence-electron chi connectivity index (χ3n) is 3.99. The molecule has 0 fully saturated rings. The smallest absolute Gasteiger partial charge is 0.255 e. The van der Waals surface area contributed by atoms with Crippen LogP contribution in [0.1, 0.15) is 38.1 Å². The van der Waals surface area contributed by atoms with Crippen LogP contribution in [0.3, 0.4) is 0 Å². The van der Waals surface area contributed by atoms with E-state index in [1.807, 2.05) is 13.8 Å². The van der Waals surface area contributed by atoms with Crippen molar-refractivity contribution in [3.8, 4) is 5.75 Å². The van der Waals surface area contributed by atoms with Gasteiger partial charge in [0.1, 0.15) is 11.6 Å². The number of rotatable bonds is 8. The van der Waals surface area contributed by atoms with Gasteiger partial charge in [-0.25, -0.2) is 12.8 Å². The molecule has 0 aromatic heterocycles. The van der Waals surface area contributed by atoms with Crippen molar-refractivity contribution >= 4 is 21.6 Å². The zero-order valence-corrected chi connectivity index (χ0v) is 17.2. The first kappa shape index (κ1) is 21.8. The molecule has 0 saturated heterocycles. The number of amides is 1. The van der Waals surface area contributed by atoms with Crippen LogP contribution in [0.5, 0.6) is 5.75 Å². The predicted molar refractivity (Wildman–Crippen MR) is 107 cm³/mol. The van der Waals surface area contributed by atoms with Crippen molar-refractivity contribution in [3.63, 3.8) is 0 Å². The van der Waals surface area contributed by atoms with Gasteiger partial charge in [-0.3, -0.25) is 4.79 Å². The van der Waals surface area contributed by atoms with Crippen molar-refractivity contribution in [2.24, 2.45) is 0 Å². The number of nitrogens with zero attached hydrogens (tertiary/aromatic N) is 1. The molecule has 0 radical (unpaired) electrons. The molecule has 8 heteroatoms. The minimum Gasteiger partial charge on any atom is -0.489 e. The number of sulfonamides is 1. The summed E-state index contributed by atoms with van der Waals surface area (Å²) in [5.41, 5.74) is 0.323. The average Bonchev–Trinajstić information content (AvgIpc) is 2.63. The van der Waals surface area contributed by atoms with Crippen molar-refractivity contribution in [3.05, 3.63) is 53.8 Å². The van der Waals surface area contributed by atoms with Crippen LogP contribution in [0, 0.1) is 5.82 Å². The summed E-state index contributed by atoms with van der Waals surface area (Å²) in [5, 5.41) is 2.63. The van der Waals surface area contributed by atoms with Gasteiger partial charge in [-0.1, -0.05) is 19.9 Å². The Morgan fingerprint density at radius 1 is 1.14 bits per heavy atom. The molecular weight excluding hydrogens is 383 g/mol. The largest absolute Gasteiger partial charge is 0.489 e. The lowest BCUT2D eigenvalue weighted by Gasteiger charge is -2.20. The van der Waals surface area contributed by atoms with Crippen molar-refractivity contribution in [1.82, 2.24) is 4.31 Å². The molecule has 0 aliphatic rings. The van der Waals surface area contributed by atoms with Crippen LogP contribution in [-0.2, 0) is 10.0 Å². The number of hydrogen-bond acceptors (Lipinski definition) is 4. The minimum atomic E-state index is -3.71. The van der Waals surface area contributed by atoms with Crippen LogP contribution in [0.2, 0.25) is 0 Å². The molecule has 2 aromatic carbocycles. The lowest BCUT2D eigenvalue weighted by molar-refractivity contribution is 0.102. The monoisotopic (exact) mass is 408 g/mol. The summed E-state index contributed by atoms with van der Waals surface area (Å²) in [6.45, 7) is 7.80. The molecule has 0 unspecified atom stereocenters. The Labute approximate surface area is 165 Å². The first-order valence-corrected chi connectivity index (χ1v) is 10.5. The minimum absolute atomic E-state index is 0.0434. The first-order valence-electron chi connectivity index (χ1n) is 9.06. The Morgan fingerprint density at radius 3 is 2.39 bits per heavy atom. The van der Waals surface area contributed by atoms with Gasteiger partial charge in [-0.2, -0.15) is 4.31 Å². The molecule has 0 atom stereocenters. The van der Waals surface area contributed by atoms with Crippen molar-refractivity contribution in [2.45, 2.75) is 38.7 Å². The summed E-state index contributed by atoms with van der Waals surface area (Å²) in [5.74, 6) is -0.770. The molecule has 0 aliphatic heterocycles. The van der Waals surface area contributed by atoms with Crippen molar-refractivity contribution in [1.29, 1.82) is 0 Å². The van der Waals surface area contributed by atoms with Gasteiger partial charge in [-0.05, 0) is 50.2 Å². The van der Waals surface area contributed by atoms with E-state index in [-0.39, 0.29) is 22.3 Å². The number of nitrogens with one attached hydrogen (secondary N) is 1. The van der Waals surface area contributed by atoms with E-state index in [9.17, 15) is 17.6 Å². The highest BCUT2D eigenvalue weighted by molar-refractivity contribution is 7.89. The molecule has 152 valence electrons. The van der Waals surface area contributed by atoms with Crippen LogP contribution in [0.15, 0.2) is 47.4 Å². The molecule has 1 amide bonds. The maximum atomic E-state index is 13.4. The number of carbonyl (C=O) groups excluding carboxylic acids is 1. The van der Waals surface area contributed by atoms with E-state index in [0.717, 1.165) is 6.07 Å². The van der Waals surface area contributed by atoms with Crippen LogP contribution in [0.4, 0.5) is 10.1 Å². The quantitative estimate of drug-likeness (QED) is 0.719. The van der Waals surface area contributed by atoms with Crippen LogP contribution in [0.25, 0.3) is 0 Å². The van der Waals surface area contributed by atoms with E-state index in [0.29, 0.717) is 18.8 Å². The molecular formula is C20H25FN2O4S. The summed E-state index contributed by atoms with van der Waals surface area (Å²) in [4.78, 5) is 12.6. The summed E-state index contributed by atoms with van der Waals surface area (Å²) < 4.78 is 46.0. The van der Waals surface area contributed by atoms with Gasteiger partial charge in [0.2, 0.25) is 10.0 Å². The standard InChI is InChI=1S/C20H25FN2O4S/c1-5-23(6-2)28(25,26)17-10-11-19(27-14(3)4)18(13-17)22-20(24)15-8-7-9-16(21)12-15/h7-14H,5-6H2,1-4H3,(H,22,24). The first-order chi connectivity index (χ1) is 13.2. The zero-order valence-electron chi connectivity index (χ0n) is 16.4. The molecule has 0 bridgehead atoms. The molecule has 6 nitrogen and oxygen atoms in total. The molecule has 0 heterocycles. The number of hydrogen-bond donors (Lipinski definition) is 1. The molecule has 2 rings (SSSR count). The van der Waals surface area contributed by atoms with Gasteiger partial charge < -0.3 is 10.1 Å². The van der Waals surface area contributed by atoms with E-state index in [2.05, 4.69) is 5.32 Å². The fourth-order valence-corrected chi connectivity index (χ4v) is 4.15. The SMILES string of the molecule is CCN(CC)S(=O)(=O)c1ccc(OC(C)C)c(NC(=O)c2cccc(F)c2)c1. The molecule has 0 spiro atoms. The highest BCUT2D eigenvalue weighted by atomic mass is 32.2. The normalized spacial score (nSPS) is 11.7. The Morgan fingerprint density at radius 2 is 1.82 bits per heavy atom. The van der Waals surface area contributed by atoms with Gasteiger partial charge in [0.15, 0.2) is 0 Å². The lowest BCUT2D eigenvalue weighted by Crippen LogP contribution is -2.30. The highest BCUT2D eigenvalue weighted by Gasteiger charge is 2.23. The van der Waals surface area contributed by atoms with Gasteiger partial charge in [0.05, 0.1) is 16.7 Å². The maximum absolute atomic E-state index is 13.4. The van der Waals surface area contributed by atoms with Gasteiger partial charge >= 0.3 is 0 Å². The Bertz CT molecular complexity index is 941. The number of halogens is 1. The lowest BCUT2D eigenvalue weighted by atomic mass is 10.2. The van der Waals surface area contributed by atoms with Gasteiger partial charge in [0, 0.05) is 18.7 Å². The summed E-state index contributed by atoms with van der Waals surface area (Å²) >= 11 is 0. The molecule has 1 N–H and O–H groups in total. The summed E-state index contributed by atoms with van der Waals surface area (Å²) in [7, 11) is -3.71. The van der Waals surface area contributed by atoms with E-state index >= 15 is 0 Å². The van der Waals surface area contributed by atoms with Crippen LogP contribution in [-0.4, -0.2) is 37.8 Å². The van der Waals surface area contributed by atoms with E-state index in [1.165, 1.54) is 40.7 Å². The Hall–Kier alpha value is -2.45. The topological polar surface area (TPSA) is 75.7 Å². The third-order valence-corrected chi connectivity index (χ3v) is 6.04. The van der Waals surface area contributed by atoms with E-state index in [1.54, 1.807) is 13.8 Å². The number of benzene rings is 2. The molecule has 0 saturated carbocycles. The predicted octanol–water partition coefficient (Wildman–Crippen LogP) is 3.90. The van der Waals surface area contributed by atoms with Gasteiger partial charge in [0.25, 0.3) is 5.91 Å². The third kappa shape index (κ3) is 5.08. The number of carbonyl (C=O) groups is 1. The number of anilines is 1. The second kappa shape index (κ2) is 9.16. The second-order valence-electron chi connectivity index (χ2n) is 6.38. The second-order valence-corrected chi connectivity index (χ2v) is 8.32. The molecule has 0 aliphatic carbocycles. The Kier molecular flexibility index (Phi) is 7.15. The molecule has 28 heavy (non-hydrogen) atoms. The van der Waals surface area contributed by atoms with Crippen molar-refractivity contribution < 1.29 is 22.3 Å². The fraction of sp³-hybridized carbons (Fsp3) is 0.350. The summed E-state index contributed by atoms with van der Waals surface area (Å²) in [6.07, 6.45) is -0.185. The maximum Gasteiger partial charge on any atom is 0.255 e. The van der Waals surface area contributed by atoms with E-state index in [4.69, 9.17) is 4.74 Å². The van der Waals surface area contributed by atoms with Crippen LogP contribution >= 0.6 is 0 Å². The number of ether oxygens (including phenoxy) is 1. The zero-order chi connectivity index (χ0) is 20.9. The van der Waals surface area contributed by atoms with Gasteiger partial charge in [-0.15, -0.1) is 0 Å². The fourth-order valence-electron chi connectivity index (χ4n) is 2.66. The highest BCUT2D eigenvalue weighted by Crippen LogP contribution is 2.30. The average molecular weight is 408 g/mol. The summed E-state index contributed by atoms with van der Waals surface area (Å²) in [6, 6.07) is 9.56. The molecule has 2 aromatic rings. The Balaban J connectivity index is 2.45. The van der Waals surface area contributed by atoms with Crippen molar-refractivity contribution in [2.75, 3.05) is 18.4 Å².